The number of aromatic nitrogens is 1. The van der Waals surface area contributed by atoms with E-state index < -0.39 is 0 Å². The fourth-order valence-electron chi connectivity index (χ4n) is 3.93. The van der Waals surface area contributed by atoms with E-state index in [2.05, 4.69) is 22.9 Å². The van der Waals surface area contributed by atoms with Crippen molar-refractivity contribution in [2.24, 2.45) is 17.6 Å². The number of hydrogen-bond donors (Lipinski definition) is 1. The standard InChI is InChI=1S/C16H25N3/c1-12(9-17)14-7-15-4-5-16(8-14)19(15)11-13-3-2-6-18-10-13/h2-3,6,10,12,14-16H,4-5,7-9,11,17H2,1H3. The van der Waals surface area contributed by atoms with Crippen molar-refractivity contribution in [2.75, 3.05) is 6.54 Å². The van der Waals surface area contributed by atoms with Gasteiger partial charge in [0.15, 0.2) is 0 Å². The van der Waals surface area contributed by atoms with E-state index in [1.165, 1.54) is 31.2 Å². The molecule has 0 spiro atoms. The van der Waals surface area contributed by atoms with Crippen LogP contribution in [0, 0.1) is 11.8 Å². The summed E-state index contributed by atoms with van der Waals surface area (Å²) in [5.74, 6) is 1.52. The summed E-state index contributed by atoms with van der Waals surface area (Å²) >= 11 is 0. The van der Waals surface area contributed by atoms with Crippen molar-refractivity contribution in [2.45, 2.75) is 51.2 Å². The number of nitrogens with zero attached hydrogens (tertiary/aromatic N) is 2. The third-order valence-corrected chi connectivity index (χ3v) is 5.19. The number of piperidine rings is 1. The molecule has 3 unspecified atom stereocenters. The first kappa shape index (κ1) is 13.1. The van der Waals surface area contributed by atoms with Gasteiger partial charge in [0.05, 0.1) is 0 Å². The molecule has 2 fully saturated rings. The van der Waals surface area contributed by atoms with E-state index in [9.17, 15) is 0 Å². The molecule has 3 nitrogen and oxygen atoms in total. The van der Waals surface area contributed by atoms with Crippen LogP contribution in [0.2, 0.25) is 0 Å². The fraction of sp³-hybridized carbons (Fsp3) is 0.688. The second-order valence-electron chi connectivity index (χ2n) is 6.36. The van der Waals surface area contributed by atoms with Crippen LogP contribution in [0.3, 0.4) is 0 Å². The molecule has 1 aromatic rings. The molecule has 0 aliphatic carbocycles. The van der Waals surface area contributed by atoms with Crippen LogP contribution >= 0.6 is 0 Å². The Morgan fingerprint density at radius 3 is 2.68 bits per heavy atom. The van der Waals surface area contributed by atoms with E-state index >= 15 is 0 Å². The third kappa shape index (κ3) is 2.67. The Labute approximate surface area is 116 Å². The molecular weight excluding hydrogens is 234 g/mol. The lowest BCUT2D eigenvalue weighted by atomic mass is 9.81. The lowest BCUT2D eigenvalue weighted by molar-refractivity contribution is 0.0767. The Kier molecular flexibility index (Phi) is 3.85. The van der Waals surface area contributed by atoms with Gasteiger partial charge in [-0.1, -0.05) is 13.0 Å². The van der Waals surface area contributed by atoms with Crippen LogP contribution in [0.25, 0.3) is 0 Å². The van der Waals surface area contributed by atoms with Crippen molar-refractivity contribution in [3.05, 3.63) is 30.1 Å². The molecule has 3 rings (SSSR count). The Morgan fingerprint density at radius 1 is 1.37 bits per heavy atom. The number of nitrogens with two attached hydrogens (primary N) is 1. The summed E-state index contributed by atoms with van der Waals surface area (Å²) in [5, 5.41) is 0. The maximum Gasteiger partial charge on any atom is 0.0312 e. The quantitative estimate of drug-likeness (QED) is 0.903. The van der Waals surface area contributed by atoms with Gasteiger partial charge in [-0.15, -0.1) is 0 Å². The second-order valence-corrected chi connectivity index (χ2v) is 6.36. The third-order valence-electron chi connectivity index (χ3n) is 5.19. The fourth-order valence-corrected chi connectivity index (χ4v) is 3.93. The zero-order valence-electron chi connectivity index (χ0n) is 11.8. The molecule has 0 aromatic carbocycles. The highest BCUT2D eigenvalue weighted by Crippen LogP contribution is 2.41. The number of fused-ring (bicyclic) bond motifs is 2. The summed E-state index contributed by atoms with van der Waals surface area (Å²) in [4.78, 5) is 6.95. The summed E-state index contributed by atoms with van der Waals surface area (Å²) in [6, 6.07) is 5.79. The van der Waals surface area contributed by atoms with E-state index in [-0.39, 0.29) is 0 Å². The summed E-state index contributed by atoms with van der Waals surface area (Å²) in [6.45, 7) is 4.24. The summed E-state index contributed by atoms with van der Waals surface area (Å²) < 4.78 is 0. The highest BCUT2D eigenvalue weighted by molar-refractivity contribution is 5.10. The minimum Gasteiger partial charge on any atom is -0.330 e. The van der Waals surface area contributed by atoms with Gasteiger partial charge in [-0.2, -0.15) is 0 Å². The van der Waals surface area contributed by atoms with Gasteiger partial charge < -0.3 is 5.73 Å². The monoisotopic (exact) mass is 259 g/mol. The van der Waals surface area contributed by atoms with Crippen molar-refractivity contribution in [1.29, 1.82) is 0 Å². The zero-order valence-corrected chi connectivity index (χ0v) is 11.8. The molecule has 2 aliphatic heterocycles. The van der Waals surface area contributed by atoms with Crippen LogP contribution in [0.1, 0.15) is 38.2 Å². The predicted octanol–water partition coefficient (Wildman–Crippen LogP) is 2.42. The molecule has 3 heterocycles. The Hall–Kier alpha value is -0.930. The Morgan fingerprint density at radius 2 is 2.11 bits per heavy atom. The maximum absolute atomic E-state index is 5.85. The lowest BCUT2D eigenvalue weighted by Crippen LogP contribution is -2.44. The largest absolute Gasteiger partial charge is 0.330 e. The average molecular weight is 259 g/mol. The minimum absolute atomic E-state index is 0.684. The molecule has 2 N–H and O–H groups in total. The van der Waals surface area contributed by atoms with Crippen LogP contribution in [0.5, 0.6) is 0 Å². The van der Waals surface area contributed by atoms with E-state index in [0.717, 1.165) is 31.1 Å². The van der Waals surface area contributed by atoms with E-state index in [1.807, 2.05) is 18.5 Å². The van der Waals surface area contributed by atoms with Gasteiger partial charge in [0.1, 0.15) is 0 Å². The summed E-state index contributed by atoms with van der Waals surface area (Å²) in [5.41, 5.74) is 7.20. The topological polar surface area (TPSA) is 42.1 Å². The van der Waals surface area contributed by atoms with Crippen LogP contribution in [0.4, 0.5) is 0 Å². The van der Waals surface area contributed by atoms with Crippen molar-refractivity contribution < 1.29 is 0 Å². The van der Waals surface area contributed by atoms with Crippen molar-refractivity contribution in [3.8, 4) is 0 Å². The molecule has 2 bridgehead atoms. The number of pyridine rings is 1. The van der Waals surface area contributed by atoms with E-state index in [4.69, 9.17) is 5.73 Å². The number of rotatable bonds is 4. The van der Waals surface area contributed by atoms with E-state index in [1.54, 1.807) is 0 Å². The maximum atomic E-state index is 5.85. The minimum atomic E-state index is 0.684. The van der Waals surface area contributed by atoms with Crippen LogP contribution in [-0.2, 0) is 6.54 Å². The van der Waals surface area contributed by atoms with Crippen molar-refractivity contribution in [1.82, 2.24) is 9.88 Å². The first-order chi connectivity index (χ1) is 9.28. The molecule has 104 valence electrons. The molecule has 3 heteroatoms. The lowest BCUT2D eigenvalue weighted by Gasteiger charge is -2.41. The zero-order chi connectivity index (χ0) is 13.2. The normalized spacial score (nSPS) is 32.4. The molecule has 19 heavy (non-hydrogen) atoms. The first-order valence-electron chi connectivity index (χ1n) is 7.62. The van der Waals surface area contributed by atoms with Crippen LogP contribution in [-0.4, -0.2) is 28.5 Å². The smallest absolute Gasteiger partial charge is 0.0312 e. The Bertz CT molecular complexity index is 392. The van der Waals surface area contributed by atoms with Gasteiger partial charge in [0, 0.05) is 31.0 Å². The highest BCUT2D eigenvalue weighted by Gasteiger charge is 2.41. The predicted molar refractivity (Wildman–Crippen MR) is 77.5 cm³/mol. The van der Waals surface area contributed by atoms with Gasteiger partial charge in [-0.05, 0) is 55.7 Å². The Balaban J connectivity index is 1.67. The van der Waals surface area contributed by atoms with Crippen LogP contribution < -0.4 is 5.73 Å². The van der Waals surface area contributed by atoms with Gasteiger partial charge in [-0.3, -0.25) is 9.88 Å². The molecule has 3 atom stereocenters. The summed E-state index contributed by atoms with van der Waals surface area (Å²) in [7, 11) is 0. The highest BCUT2D eigenvalue weighted by atomic mass is 15.2. The molecule has 2 saturated heterocycles. The number of hydrogen-bond acceptors (Lipinski definition) is 3. The molecule has 0 radical (unpaired) electrons. The molecule has 2 aliphatic rings. The summed E-state index contributed by atoms with van der Waals surface area (Å²) in [6.07, 6.45) is 9.29. The van der Waals surface area contributed by atoms with Gasteiger partial charge in [0.2, 0.25) is 0 Å². The van der Waals surface area contributed by atoms with Gasteiger partial charge >= 0.3 is 0 Å². The van der Waals surface area contributed by atoms with Crippen LogP contribution in [0.15, 0.2) is 24.5 Å². The molecule has 1 aromatic heterocycles. The van der Waals surface area contributed by atoms with Crippen molar-refractivity contribution in [3.63, 3.8) is 0 Å². The van der Waals surface area contributed by atoms with Gasteiger partial charge in [0.25, 0.3) is 0 Å². The van der Waals surface area contributed by atoms with Crippen molar-refractivity contribution >= 4 is 0 Å². The van der Waals surface area contributed by atoms with E-state index in [0.29, 0.717) is 5.92 Å². The van der Waals surface area contributed by atoms with Gasteiger partial charge in [-0.25, -0.2) is 0 Å². The molecule has 0 saturated carbocycles. The average Bonchev–Trinajstić information content (AvgIpc) is 2.69. The molecule has 0 amide bonds. The molecular formula is C16H25N3. The SMILES string of the molecule is CC(CN)C1CC2CCC(C1)N2Cc1cccnc1. The first-order valence-corrected chi connectivity index (χ1v) is 7.62. The second kappa shape index (κ2) is 5.59.